The lowest BCUT2D eigenvalue weighted by atomic mass is 10.1. The summed E-state index contributed by atoms with van der Waals surface area (Å²) in [6.07, 6.45) is 1.73. The molecule has 6 heteroatoms. The molecule has 1 N–H and O–H groups in total. The summed E-state index contributed by atoms with van der Waals surface area (Å²) in [4.78, 5) is 14.3. The van der Waals surface area contributed by atoms with Crippen molar-refractivity contribution in [2.45, 2.75) is 13.5 Å². The van der Waals surface area contributed by atoms with Crippen molar-refractivity contribution in [1.82, 2.24) is 24.9 Å². The molecule has 0 aliphatic heterocycles. The van der Waals surface area contributed by atoms with Crippen molar-refractivity contribution in [3.63, 3.8) is 0 Å². The van der Waals surface area contributed by atoms with Crippen LogP contribution in [0.25, 0.3) is 10.9 Å². The maximum atomic E-state index is 12.6. The highest BCUT2D eigenvalue weighted by atomic mass is 16.2. The standard InChI is InChI=1S/C15H17N5O/c1-10-12-5-4-6-13(14(12)18-17-10)15(21)19(2)9-11-7-8-16-20(11)3/h4-8H,9H2,1-3H3,(H,17,18). The smallest absolute Gasteiger partial charge is 0.256 e. The number of carbonyl (C=O) groups is 1. The third kappa shape index (κ3) is 2.29. The van der Waals surface area contributed by atoms with Crippen molar-refractivity contribution in [1.29, 1.82) is 0 Å². The second-order valence-electron chi connectivity index (χ2n) is 5.16. The first-order valence-corrected chi connectivity index (χ1v) is 6.74. The number of aromatic nitrogens is 4. The average molecular weight is 283 g/mol. The minimum Gasteiger partial charge on any atom is -0.336 e. The summed E-state index contributed by atoms with van der Waals surface area (Å²) in [5, 5.41) is 12.3. The van der Waals surface area contributed by atoms with E-state index < -0.39 is 0 Å². The fraction of sp³-hybridized carbons (Fsp3) is 0.267. The fourth-order valence-electron chi connectivity index (χ4n) is 2.42. The van der Waals surface area contributed by atoms with Gasteiger partial charge in [0.1, 0.15) is 5.52 Å². The first-order chi connectivity index (χ1) is 10.1. The molecule has 2 aromatic heterocycles. The van der Waals surface area contributed by atoms with E-state index >= 15 is 0 Å². The SMILES string of the molecule is Cc1[nH]nc2c(C(=O)N(C)Cc3ccnn3C)cccc12. The summed E-state index contributed by atoms with van der Waals surface area (Å²) >= 11 is 0. The lowest BCUT2D eigenvalue weighted by molar-refractivity contribution is 0.0783. The molecule has 0 saturated heterocycles. The Labute approximate surface area is 122 Å². The number of rotatable bonds is 3. The maximum absolute atomic E-state index is 12.6. The van der Waals surface area contributed by atoms with Gasteiger partial charge in [-0.05, 0) is 19.1 Å². The van der Waals surface area contributed by atoms with Gasteiger partial charge in [-0.15, -0.1) is 0 Å². The van der Waals surface area contributed by atoms with Crippen LogP contribution in [0.15, 0.2) is 30.5 Å². The van der Waals surface area contributed by atoms with Crippen molar-refractivity contribution >= 4 is 16.8 Å². The first kappa shape index (κ1) is 13.4. The molecule has 108 valence electrons. The van der Waals surface area contributed by atoms with E-state index in [0.29, 0.717) is 12.1 Å². The molecule has 0 aliphatic rings. The van der Waals surface area contributed by atoms with Crippen LogP contribution in [0.3, 0.4) is 0 Å². The molecular formula is C15H17N5O. The Balaban J connectivity index is 1.91. The van der Waals surface area contributed by atoms with E-state index in [2.05, 4.69) is 15.3 Å². The van der Waals surface area contributed by atoms with Crippen LogP contribution in [0.4, 0.5) is 0 Å². The molecule has 1 amide bonds. The highest BCUT2D eigenvalue weighted by Gasteiger charge is 2.18. The Morgan fingerprint density at radius 3 is 2.90 bits per heavy atom. The number of amides is 1. The number of benzene rings is 1. The highest BCUT2D eigenvalue weighted by Crippen LogP contribution is 2.20. The van der Waals surface area contributed by atoms with Crippen LogP contribution in [0.1, 0.15) is 21.7 Å². The monoisotopic (exact) mass is 283 g/mol. The molecule has 6 nitrogen and oxygen atoms in total. The Morgan fingerprint density at radius 1 is 1.38 bits per heavy atom. The van der Waals surface area contributed by atoms with E-state index in [0.717, 1.165) is 22.3 Å². The van der Waals surface area contributed by atoms with Crippen LogP contribution in [0.5, 0.6) is 0 Å². The molecular weight excluding hydrogens is 266 g/mol. The summed E-state index contributed by atoms with van der Waals surface area (Å²) in [5.74, 6) is -0.0479. The minimum absolute atomic E-state index is 0.0479. The number of aryl methyl sites for hydroxylation is 2. The molecule has 2 heterocycles. The molecule has 0 aliphatic carbocycles. The Morgan fingerprint density at radius 2 is 2.19 bits per heavy atom. The van der Waals surface area contributed by atoms with Crippen LogP contribution in [0.2, 0.25) is 0 Å². The van der Waals surface area contributed by atoms with Gasteiger partial charge in [0.25, 0.3) is 5.91 Å². The van der Waals surface area contributed by atoms with Crippen molar-refractivity contribution in [2.24, 2.45) is 7.05 Å². The molecule has 3 aromatic rings. The van der Waals surface area contributed by atoms with Crippen LogP contribution in [-0.2, 0) is 13.6 Å². The van der Waals surface area contributed by atoms with E-state index in [-0.39, 0.29) is 5.91 Å². The van der Waals surface area contributed by atoms with E-state index in [1.165, 1.54) is 0 Å². The average Bonchev–Trinajstić information content (AvgIpc) is 3.05. The van der Waals surface area contributed by atoms with Crippen LogP contribution < -0.4 is 0 Å². The van der Waals surface area contributed by atoms with Gasteiger partial charge in [-0.3, -0.25) is 14.6 Å². The van der Waals surface area contributed by atoms with E-state index in [1.54, 1.807) is 22.8 Å². The molecule has 0 bridgehead atoms. The van der Waals surface area contributed by atoms with Gasteiger partial charge >= 0.3 is 0 Å². The fourth-order valence-corrected chi connectivity index (χ4v) is 2.42. The summed E-state index contributed by atoms with van der Waals surface area (Å²) in [6, 6.07) is 7.57. The third-order valence-electron chi connectivity index (χ3n) is 3.67. The first-order valence-electron chi connectivity index (χ1n) is 6.74. The number of hydrogen-bond donors (Lipinski definition) is 1. The van der Waals surface area contributed by atoms with Crippen molar-refractivity contribution in [3.8, 4) is 0 Å². The minimum atomic E-state index is -0.0479. The number of H-pyrrole nitrogens is 1. The molecule has 0 atom stereocenters. The Hall–Kier alpha value is -2.63. The van der Waals surface area contributed by atoms with Crippen LogP contribution >= 0.6 is 0 Å². The molecule has 0 spiro atoms. The number of fused-ring (bicyclic) bond motifs is 1. The van der Waals surface area contributed by atoms with Crippen molar-refractivity contribution < 1.29 is 4.79 Å². The Bertz CT molecular complexity index is 801. The predicted molar refractivity (Wildman–Crippen MR) is 79.8 cm³/mol. The zero-order chi connectivity index (χ0) is 15.0. The second kappa shape index (κ2) is 5.05. The number of nitrogens with zero attached hydrogens (tertiary/aromatic N) is 4. The zero-order valence-corrected chi connectivity index (χ0v) is 12.3. The maximum Gasteiger partial charge on any atom is 0.256 e. The van der Waals surface area contributed by atoms with E-state index in [4.69, 9.17) is 0 Å². The van der Waals surface area contributed by atoms with Gasteiger partial charge in [-0.25, -0.2) is 0 Å². The third-order valence-corrected chi connectivity index (χ3v) is 3.67. The molecule has 0 fully saturated rings. The lowest BCUT2D eigenvalue weighted by Gasteiger charge is -2.17. The quantitative estimate of drug-likeness (QED) is 0.798. The summed E-state index contributed by atoms with van der Waals surface area (Å²) in [7, 11) is 3.65. The van der Waals surface area contributed by atoms with Gasteiger partial charge in [-0.1, -0.05) is 12.1 Å². The molecule has 0 radical (unpaired) electrons. The number of nitrogens with one attached hydrogen (secondary N) is 1. The summed E-state index contributed by atoms with van der Waals surface area (Å²) in [6.45, 7) is 2.46. The predicted octanol–water partition coefficient (Wildman–Crippen LogP) is 1.88. The largest absolute Gasteiger partial charge is 0.336 e. The van der Waals surface area contributed by atoms with Gasteiger partial charge < -0.3 is 4.90 Å². The number of para-hydroxylation sites is 1. The zero-order valence-electron chi connectivity index (χ0n) is 12.3. The van der Waals surface area contributed by atoms with Crippen molar-refractivity contribution in [2.75, 3.05) is 7.05 Å². The van der Waals surface area contributed by atoms with Crippen molar-refractivity contribution in [3.05, 3.63) is 47.4 Å². The molecule has 0 saturated carbocycles. The summed E-state index contributed by atoms with van der Waals surface area (Å²) < 4.78 is 1.77. The number of carbonyl (C=O) groups excluding carboxylic acids is 1. The van der Waals surface area contributed by atoms with Gasteiger partial charge in [0.15, 0.2) is 0 Å². The molecule has 3 rings (SSSR count). The topological polar surface area (TPSA) is 66.8 Å². The highest BCUT2D eigenvalue weighted by molar-refractivity contribution is 6.05. The normalized spacial score (nSPS) is 11.0. The van der Waals surface area contributed by atoms with Crippen LogP contribution in [-0.4, -0.2) is 37.8 Å². The summed E-state index contributed by atoms with van der Waals surface area (Å²) in [5.41, 5.74) is 3.28. The van der Waals surface area contributed by atoms with Crippen LogP contribution in [0, 0.1) is 6.92 Å². The Kier molecular flexibility index (Phi) is 3.21. The van der Waals surface area contributed by atoms with E-state index in [1.807, 2.05) is 38.2 Å². The molecule has 0 unspecified atom stereocenters. The molecule has 21 heavy (non-hydrogen) atoms. The van der Waals surface area contributed by atoms with Gasteiger partial charge in [0, 0.05) is 31.4 Å². The van der Waals surface area contributed by atoms with Gasteiger partial charge in [0.05, 0.1) is 17.8 Å². The number of aromatic amines is 1. The van der Waals surface area contributed by atoms with E-state index in [9.17, 15) is 4.79 Å². The van der Waals surface area contributed by atoms with Gasteiger partial charge in [-0.2, -0.15) is 10.2 Å². The second-order valence-corrected chi connectivity index (χ2v) is 5.16. The molecule has 1 aromatic carbocycles. The number of hydrogen-bond acceptors (Lipinski definition) is 3. The van der Waals surface area contributed by atoms with Gasteiger partial charge in [0.2, 0.25) is 0 Å². The lowest BCUT2D eigenvalue weighted by Crippen LogP contribution is -2.27.